The van der Waals surface area contributed by atoms with Gasteiger partial charge in [-0.05, 0) is 47.9 Å². The molecule has 0 bridgehead atoms. The Hall–Kier alpha value is -1.88. The summed E-state index contributed by atoms with van der Waals surface area (Å²) in [7, 11) is 0. The van der Waals surface area contributed by atoms with Crippen LogP contribution in [0.3, 0.4) is 0 Å². The van der Waals surface area contributed by atoms with Crippen molar-refractivity contribution in [3.05, 3.63) is 59.4 Å². The highest BCUT2D eigenvalue weighted by molar-refractivity contribution is 5.68. The van der Waals surface area contributed by atoms with Gasteiger partial charge >= 0.3 is 6.18 Å². The maximum atomic E-state index is 13.8. The molecule has 0 amide bonds. The zero-order chi connectivity index (χ0) is 14.8. The maximum Gasteiger partial charge on any atom is 0.416 e. The van der Waals surface area contributed by atoms with E-state index in [1.165, 1.54) is 24.3 Å². The molecular weight excluding hydrogens is 270 g/mol. The van der Waals surface area contributed by atoms with Crippen LogP contribution >= 0.6 is 0 Å². The number of benzene rings is 2. The predicted molar refractivity (Wildman–Crippen MR) is 69.6 cm³/mol. The fourth-order valence-electron chi connectivity index (χ4n) is 2.07. The summed E-state index contributed by atoms with van der Waals surface area (Å²) in [5.41, 5.74) is 6.26. The monoisotopic (exact) mass is 283 g/mol. The van der Waals surface area contributed by atoms with Crippen LogP contribution in [0.4, 0.5) is 17.6 Å². The molecule has 2 aromatic rings. The third-order valence-electron chi connectivity index (χ3n) is 3.04. The smallest absolute Gasteiger partial charge is 0.330 e. The van der Waals surface area contributed by atoms with Gasteiger partial charge in [-0.15, -0.1) is 0 Å². The molecule has 0 aliphatic heterocycles. The Morgan fingerprint density at radius 2 is 1.60 bits per heavy atom. The Balaban J connectivity index is 2.44. The molecule has 0 radical (unpaired) electrons. The van der Waals surface area contributed by atoms with Gasteiger partial charge in [0, 0.05) is 0 Å². The minimum atomic E-state index is -4.37. The first-order valence-electron chi connectivity index (χ1n) is 6.08. The number of alkyl halides is 3. The summed E-state index contributed by atoms with van der Waals surface area (Å²) in [4.78, 5) is 0. The van der Waals surface area contributed by atoms with Crippen LogP contribution in [-0.4, -0.2) is 6.54 Å². The summed E-state index contributed by atoms with van der Waals surface area (Å²) in [5, 5.41) is 0. The molecule has 1 nitrogen and oxygen atoms in total. The van der Waals surface area contributed by atoms with E-state index >= 15 is 0 Å². The van der Waals surface area contributed by atoms with Gasteiger partial charge in [0.05, 0.1) is 5.56 Å². The van der Waals surface area contributed by atoms with Crippen LogP contribution in [0.15, 0.2) is 42.5 Å². The maximum absolute atomic E-state index is 13.8. The van der Waals surface area contributed by atoms with Gasteiger partial charge in [-0.25, -0.2) is 4.39 Å². The van der Waals surface area contributed by atoms with E-state index in [-0.39, 0.29) is 6.54 Å². The van der Waals surface area contributed by atoms with E-state index in [0.29, 0.717) is 23.1 Å². The first-order chi connectivity index (χ1) is 9.43. The van der Waals surface area contributed by atoms with Gasteiger partial charge in [0.2, 0.25) is 0 Å². The van der Waals surface area contributed by atoms with Crippen LogP contribution in [0.5, 0.6) is 0 Å². The zero-order valence-electron chi connectivity index (χ0n) is 10.5. The van der Waals surface area contributed by atoms with Crippen LogP contribution in [-0.2, 0) is 12.6 Å². The second kappa shape index (κ2) is 5.63. The summed E-state index contributed by atoms with van der Waals surface area (Å²) in [5.74, 6) is -0.396. The SMILES string of the molecule is NCCc1c(F)cccc1-c1ccc(C(F)(F)F)cc1. The molecule has 0 heterocycles. The molecule has 2 aromatic carbocycles. The van der Waals surface area contributed by atoms with Crippen molar-refractivity contribution in [2.75, 3.05) is 6.54 Å². The van der Waals surface area contributed by atoms with Crippen molar-refractivity contribution in [2.45, 2.75) is 12.6 Å². The highest BCUT2D eigenvalue weighted by Gasteiger charge is 2.30. The molecule has 0 saturated heterocycles. The quantitative estimate of drug-likeness (QED) is 0.846. The molecule has 0 aliphatic rings. The van der Waals surface area contributed by atoms with Crippen LogP contribution in [0.1, 0.15) is 11.1 Å². The van der Waals surface area contributed by atoms with Crippen molar-refractivity contribution < 1.29 is 17.6 Å². The molecule has 0 fully saturated rings. The lowest BCUT2D eigenvalue weighted by Gasteiger charge is -2.12. The summed E-state index contributed by atoms with van der Waals surface area (Å²) in [6.07, 6.45) is -4.04. The summed E-state index contributed by atoms with van der Waals surface area (Å²) < 4.78 is 51.3. The van der Waals surface area contributed by atoms with Gasteiger partial charge in [0.25, 0.3) is 0 Å². The lowest BCUT2D eigenvalue weighted by molar-refractivity contribution is -0.137. The van der Waals surface area contributed by atoms with Gasteiger partial charge in [-0.1, -0.05) is 24.3 Å². The van der Waals surface area contributed by atoms with Crippen molar-refractivity contribution in [2.24, 2.45) is 5.73 Å². The average molecular weight is 283 g/mol. The Labute approximate surface area is 114 Å². The molecule has 2 N–H and O–H groups in total. The van der Waals surface area contributed by atoms with Crippen LogP contribution < -0.4 is 5.73 Å². The van der Waals surface area contributed by atoms with Crippen molar-refractivity contribution >= 4 is 0 Å². The molecule has 0 atom stereocenters. The number of rotatable bonds is 3. The Morgan fingerprint density at radius 3 is 2.15 bits per heavy atom. The second-order valence-electron chi connectivity index (χ2n) is 4.38. The summed E-state index contributed by atoms with van der Waals surface area (Å²) in [6.45, 7) is 0.272. The minimum absolute atomic E-state index is 0.272. The number of halogens is 4. The number of hydrogen-bond acceptors (Lipinski definition) is 1. The Morgan fingerprint density at radius 1 is 0.950 bits per heavy atom. The molecule has 0 aromatic heterocycles. The standard InChI is InChI=1S/C15H13F4N/c16-14-3-1-2-12(13(14)8-9-20)10-4-6-11(7-5-10)15(17,18)19/h1-7H,8-9,20H2. The van der Waals surface area contributed by atoms with Crippen molar-refractivity contribution in [3.63, 3.8) is 0 Å². The van der Waals surface area contributed by atoms with Crippen molar-refractivity contribution in [1.29, 1.82) is 0 Å². The first-order valence-corrected chi connectivity index (χ1v) is 6.08. The fraction of sp³-hybridized carbons (Fsp3) is 0.200. The Bertz CT molecular complexity index is 588. The van der Waals surface area contributed by atoms with E-state index in [1.54, 1.807) is 6.07 Å². The van der Waals surface area contributed by atoms with Gasteiger partial charge in [-0.3, -0.25) is 0 Å². The predicted octanol–water partition coefficient (Wildman–Crippen LogP) is 4.01. The molecule has 106 valence electrons. The number of nitrogens with two attached hydrogens (primary N) is 1. The van der Waals surface area contributed by atoms with E-state index < -0.39 is 17.6 Å². The zero-order valence-corrected chi connectivity index (χ0v) is 10.5. The van der Waals surface area contributed by atoms with E-state index in [0.717, 1.165) is 12.1 Å². The van der Waals surface area contributed by atoms with Gasteiger partial charge in [0.15, 0.2) is 0 Å². The molecular formula is C15H13F4N. The highest BCUT2D eigenvalue weighted by atomic mass is 19.4. The molecule has 0 saturated carbocycles. The first kappa shape index (κ1) is 14.5. The summed E-state index contributed by atoms with van der Waals surface area (Å²) in [6, 6.07) is 9.20. The topological polar surface area (TPSA) is 26.0 Å². The van der Waals surface area contributed by atoms with Gasteiger partial charge < -0.3 is 5.73 Å². The molecule has 0 aliphatic carbocycles. The lowest BCUT2D eigenvalue weighted by atomic mass is 9.96. The van der Waals surface area contributed by atoms with Crippen LogP contribution in [0.2, 0.25) is 0 Å². The third-order valence-corrected chi connectivity index (χ3v) is 3.04. The highest BCUT2D eigenvalue weighted by Crippen LogP contribution is 2.32. The van der Waals surface area contributed by atoms with E-state index in [9.17, 15) is 17.6 Å². The van der Waals surface area contributed by atoms with Crippen LogP contribution in [0, 0.1) is 5.82 Å². The average Bonchev–Trinajstić information content (AvgIpc) is 2.40. The van der Waals surface area contributed by atoms with Gasteiger partial charge in [0.1, 0.15) is 5.82 Å². The lowest BCUT2D eigenvalue weighted by Crippen LogP contribution is -2.06. The fourth-order valence-corrected chi connectivity index (χ4v) is 2.07. The number of hydrogen-bond donors (Lipinski definition) is 1. The van der Waals surface area contributed by atoms with Gasteiger partial charge in [-0.2, -0.15) is 13.2 Å². The molecule has 0 spiro atoms. The molecule has 20 heavy (non-hydrogen) atoms. The van der Waals surface area contributed by atoms with E-state index in [2.05, 4.69) is 0 Å². The minimum Gasteiger partial charge on any atom is -0.330 e. The molecule has 5 heteroatoms. The van der Waals surface area contributed by atoms with E-state index in [4.69, 9.17) is 5.73 Å². The second-order valence-corrected chi connectivity index (χ2v) is 4.38. The molecule has 2 rings (SSSR count). The van der Waals surface area contributed by atoms with Crippen molar-refractivity contribution in [1.82, 2.24) is 0 Å². The largest absolute Gasteiger partial charge is 0.416 e. The van der Waals surface area contributed by atoms with E-state index in [1.807, 2.05) is 0 Å². The van der Waals surface area contributed by atoms with Crippen molar-refractivity contribution in [3.8, 4) is 11.1 Å². The van der Waals surface area contributed by atoms with Crippen LogP contribution in [0.25, 0.3) is 11.1 Å². The normalized spacial score (nSPS) is 11.7. The molecule has 0 unspecified atom stereocenters. The third kappa shape index (κ3) is 2.99. The summed E-state index contributed by atoms with van der Waals surface area (Å²) >= 11 is 0. The Kier molecular flexibility index (Phi) is 4.09.